The lowest BCUT2D eigenvalue weighted by atomic mass is 9.99. The minimum atomic E-state index is -1.36. The highest BCUT2D eigenvalue weighted by molar-refractivity contribution is 8.14. The number of benzene rings is 2. The summed E-state index contributed by atoms with van der Waals surface area (Å²) in [5, 5.41) is 0.682. The van der Waals surface area contributed by atoms with Crippen LogP contribution in [-0.2, 0) is 47.7 Å². The number of hydrogen-bond acceptors (Lipinski definition) is 12. The summed E-state index contributed by atoms with van der Waals surface area (Å²) in [6.45, 7) is 4.23. The van der Waals surface area contributed by atoms with E-state index in [1.165, 1.54) is 11.8 Å². The van der Waals surface area contributed by atoms with Crippen molar-refractivity contribution in [2.75, 3.05) is 11.5 Å². The number of rotatable bonds is 8. The third-order valence-corrected chi connectivity index (χ3v) is 7.54. The minimum absolute atomic E-state index is 0.101. The van der Waals surface area contributed by atoms with Gasteiger partial charge in [-0.25, -0.2) is 4.99 Å². The zero-order chi connectivity index (χ0) is 32.0. The molecule has 2 aliphatic heterocycles. The van der Waals surface area contributed by atoms with Gasteiger partial charge in [-0.1, -0.05) is 53.7 Å². The molecule has 14 heteroatoms. The van der Waals surface area contributed by atoms with E-state index in [9.17, 15) is 24.0 Å². The van der Waals surface area contributed by atoms with Crippen molar-refractivity contribution in [1.82, 2.24) is 0 Å². The fourth-order valence-electron chi connectivity index (χ4n) is 4.48. The Morgan fingerprint density at radius 3 is 2.05 bits per heavy atom. The molecule has 44 heavy (non-hydrogen) atoms. The van der Waals surface area contributed by atoms with E-state index in [1.54, 1.807) is 60.7 Å². The summed E-state index contributed by atoms with van der Waals surface area (Å²) in [7, 11) is 0. The third-order valence-electron chi connectivity index (χ3n) is 6.19. The lowest BCUT2D eigenvalue weighted by Gasteiger charge is -2.44. The van der Waals surface area contributed by atoms with E-state index in [2.05, 4.69) is 4.99 Å². The van der Waals surface area contributed by atoms with E-state index < -0.39 is 59.6 Å². The van der Waals surface area contributed by atoms with Crippen LogP contribution in [0.15, 0.2) is 65.3 Å². The number of aliphatic imine (C=N–C) groups is 1. The van der Waals surface area contributed by atoms with Gasteiger partial charge in [-0.05, 0) is 35.9 Å². The molecular formula is C30H29ClN2O10S. The second-order valence-corrected chi connectivity index (χ2v) is 11.1. The zero-order valence-electron chi connectivity index (χ0n) is 24.1. The molecule has 0 N–H and O–H groups in total. The molecule has 0 bridgehead atoms. The molecule has 0 spiro atoms. The number of amidine groups is 1. The normalized spacial score (nSPS) is 24.0. The summed E-state index contributed by atoms with van der Waals surface area (Å²) < 4.78 is 27.9. The molecular weight excluding hydrogens is 616 g/mol. The van der Waals surface area contributed by atoms with Gasteiger partial charge in [0.25, 0.3) is 5.91 Å². The van der Waals surface area contributed by atoms with Crippen molar-refractivity contribution in [2.45, 2.75) is 57.5 Å². The highest BCUT2D eigenvalue weighted by Crippen LogP contribution is 2.38. The Morgan fingerprint density at radius 1 is 0.864 bits per heavy atom. The van der Waals surface area contributed by atoms with Gasteiger partial charge in [-0.2, -0.15) is 0 Å². The van der Waals surface area contributed by atoms with Crippen LogP contribution in [0.1, 0.15) is 33.3 Å². The number of hydrogen-bond donors (Lipinski definition) is 0. The van der Waals surface area contributed by atoms with Crippen molar-refractivity contribution in [1.29, 1.82) is 0 Å². The molecule has 1 saturated heterocycles. The number of anilines is 1. The Labute approximate surface area is 262 Å². The van der Waals surface area contributed by atoms with Gasteiger partial charge in [0.1, 0.15) is 18.4 Å². The van der Waals surface area contributed by atoms with E-state index >= 15 is 0 Å². The Bertz CT molecular complexity index is 1480. The van der Waals surface area contributed by atoms with Crippen LogP contribution in [0.25, 0.3) is 6.08 Å². The van der Waals surface area contributed by atoms with E-state index in [4.69, 9.17) is 35.3 Å². The Kier molecular flexibility index (Phi) is 10.8. The van der Waals surface area contributed by atoms with Crippen LogP contribution in [0.2, 0.25) is 5.02 Å². The van der Waals surface area contributed by atoms with E-state index in [-0.39, 0.29) is 17.5 Å². The van der Waals surface area contributed by atoms with Crippen LogP contribution in [0, 0.1) is 0 Å². The second kappa shape index (κ2) is 14.5. The zero-order valence-corrected chi connectivity index (χ0v) is 25.7. The Balaban J connectivity index is 1.78. The van der Waals surface area contributed by atoms with Gasteiger partial charge in [-0.3, -0.25) is 28.9 Å². The molecule has 2 aromatic carbocycles. The van der Waals surface area contributed by atoms with Crippen molar-refractivity contribution in [3.8, 4) is 0 Å². The number of carbonyl (C=O) groups excluding carboxylic acids is 5. The molecule has 4 rings (SSSR count). The molecule has 0 radical (unpaired) electrons. The van der Waals surface area contributed by atoms with Crippen molar-refractivity contribution in [3.05, 3.63) is 70.9 Å². The summed E-state index contributed by atoms with van der Waals surface area (Å²) in [6, 6.07) is 15.5. The van der Waals surface area contributed by atoms with Crippen LogP contribution in [0.5, 0.6) is 0 Å². The maximum Gasteiger partial charge on any atom is 0.303 e. The first kappa shape index (κ1) is 32.7. The van der Waals surface area contributed by atoms with Gasteiger partial charge in [0, 0.05) is 32.7 Å². The predicted octanol–water partition coefficient (Wildman–Crippen LogP) is 3.90. The highest BCUT2D eigenvalue weighted by Gasteiger charge is 2.53. The molecule has 2 aromatic rings. The van der Waals surface area contributed by atoms with Crippen molar-refractivity contribution in [2.24, 2.45) is 4.99 Å². The average Bonchev–Trinajstić information content (AvgIpc) is 3.25. The van der Waals surface area contributed by atoms with Crippen LogP contribution >= 0.6 is 23.4 Å². The molecule has 1 fully saturated rings. The molecule has 2 heterocycles. The SMILES string of the molecule is CC(=O)OC[C@@H]1O[C@H](SC2=N/C(=C\c3ccc(Cl)cc3)C(=O)N2c2ccccc2)[C@H](OC(C)=O)[C@H](OC(C)=O)[C@@H]1OC(C)=O. The van der Waals surface area contributed by atoms with Gasteiger partial charge >= 0.3 is 23.9 Å². The predicted molar refractivity (Wildman–Crippen MR) is 160 cm³/mol. The van der Waals surface area contributed by atoms with Gasteiger partial charge in [0.2, 0.25) is 0 Å². The molecule has 0 unspecified atom stereocenters. The first-order chi connectivity index (χ1) is 20.9. The highest BCUT2D eigenvalue weighted by atomic mass is 35.5. The van der Waals surface area contributed by atoms with Crippen LogP contribution in [0.3, 0.4) is 0 Å². The number of thioether (sulfide) groups is 1. The Morgan fingerprint density at radius 2 is 1.45 bits per heavy atom. The summed E-state index contributed by atoms with van der Waals surface area (Å²) in [4.78, 5) is 67.8. The molecule has 1 amide bonds. The summed E-state index contributed by atoms with van der Waals surface area (Å²) in [5.74, 6) is -3.32. The summed E-state index contributed by atoms with van der Waals surface area (Å²) in [6.07, 6.45) is -3.56. The third kappa shape index (κ3) is 8.24. The lowest BCUT2D eigenvalue weighted by molar-refractivity contribution is -0.237. The topological polar surface area (TPSA) is 147 Å². The number of esters is 4. The van der Waals surface area contributed by atoms with Crippen molar-refractivity contribution in [3.63, 3.8) is 0 Å². The monoisotopic (exact) mass is 644 g/mol. The molecule has 232 valence electrons. The molecule has 0 aliphatic carbocycles. The molecule has 2 aliphatic rings. The molecule has 0 aromatic heterocycles. The number of carbonyl (C=O) groups is 5. The van der Waals surface area contributed by atoms with Gasteiger partial charge in [0.15, 0.2) is 28.9 Å². The van der Waals surface area contributed by atoms with E-state index in [0.29, 0.717) is 16.3 Å². The van der Waals surface area contributed by atoms with Crippen LogP contribution in [-0.4, -0.2) is 71.4 Å². The fourth-order valence-corrected chi connectivity index (χ4v) is 5.81. The maximum atomic E-state index is 13.7. The van der Waals surface area contributed by atoms with Crippen LogP contribution < -0.4 is 4.90 Å². The fraction of sp³-hybridized carbons (Fsp3) is 0.333. The smallest absolute Gasteiger partial charge is 0.303 e. The second-order valence-electron chi connectivity index (χ2n) is 9.64. The number of para-hydroxylation sites is 1. The van der Waals surface area contributed by atoms with E-state index in [1.807, 2.05) is 0 Å². The number of ether oxygens (including phenoxy) is 5. The summed E-state index contributed by atoms with van der Waals surface area (Å²) in [5.41, 5.74) is 0.0921. The molecule has 5 atom stereocenters. The molecule has 12 nitrogen and oxygen atoms in total. The number of amides is 1. The largest absolute Gasteiger partial charge is 0.463 e. The molecule has 0 saturated carbocycles. The van der Waals surface area contributed by atoms with Crippen molar-refractivity contribution < 1.29 is 47.7 Å². The number of halogens is 1. The van der Waals surface area contributed by atoms with Crippen molar-refractivity contribution >= 4 is 70.1 Å². The quantitative estimate of drug-likeness (QED) is 0.234. The lowest BCUT2D eigenvalue weighted by Crippen LogP contribution is -2.61. The first-order valence-corrected chi connectivity index (χ1v) is 14.6. The first-order valence-electron chi connectivity index (χ1n) is 13.4. The van der Waals surface area contributed by atoms with E-state index in [0.717, 1.165) is 32.5 Å². The average molecular weight is 645 g/mol. The maximum absolute atomic E-state index is 13.7. The summed E-state index contributed by atoms with van der Waals surface area (Å²) >= 11 is 6.92. The number of nitrogens with zero attached hydrogens (tertiary/aromatic N) is 2. The minimum Gasteiger partial charge on any atom is -0.463 e. The van der Waals surface area contributed by atoms with Crippen LogP contribution in [0.4, 0.5) is 5.69 Å². The van der Waals surface area contributed by atoms with Gasteiger partial charge < -0.3 is 23.7 Å². The van der Waals surface area contributed by atoms with Gasteiger partial charge in [0.05, 0.1) is 5.69 Å². The Hall–Kier alpha value is -4.20. The van der Waals surface area contributed by atoms with Gasteiger partial charge in [-0.15, -0.1) is 0 Å². The standard InChI is InChI=1S/C30H29ClN2O10S/c1-16(34)39-15-24-25(40-17(2)35)26(41-18(3)36)27(42-19(4)37)29(43-24)44-30-32-23(14-20-10-12-21(31)13-11-20)28(38)33(30)22-8-6-5-7-9-22/h5-14,24-27,29H,15H2,1-4H3/b23-14-/t24-,25+,26+,27+,29+/m0/s1.